The fourth-order valence-corrected chi connectivity index (χ4v) is 7.09. The fraction of sp³-hybridized carbons (Fsp3) is 0.556. The van der Waals surface area contributed by atoms with E-state index in [0.29, 0.717) is 29.0 Å². The number of phenolic OH excluding ortho intramolecular Hbond substituents is 1. The Morgan fingerprint density at radius 3 is 2.97 bits per heavy atom. The van der Waals surface area contributed by atoms with Crippen molar-refractivity contribution in [1.29, 1.82) is 0 Å². The zero-order chi connectivity index (χ0) is 22.7. The van der Waals surface area contributed by atoms with Gasteiger partial charge in [-0.2, -0.15) is 0 Å². The molecule has 0 unspecified atom stereocenters. The van der Waals surface area contributed by atoms with Crippen LogP contribution in [0.4, 0.5) is 0 Å². The maximum absolute atomic E-state index is 13.6. The third-order valence-corrected chi connectivity index (χ3v) is 8.58. The van der Waals surface area contributed by atoms with E-state index < -0.39 is 5.63 Å². The van der Waals surface area contributed by atoms with E-state index >= 15 is 0 Å². The summed E-state index contributed by atoms with van der Waals surface area (Å²) in [6, 6.07) is 5.65. The SMILES string of the molecule is Cc1c(CC(=O)N2CCCC3=C[C@H]4C[C@@H](CN5CCCC[C@H]45)[C@@H]32)c(=O)oc2cc(O)ccc12. The van der Waals surface area contributed by atoms with Crippen molar-refractivity contribution in [2.24, 2.45) is 11.8 Å². The molecule has 1 aliphatic carbocycles. The number of carbonyl (C=O) groups excluding carboxylic acids is 1. The second kappa shape index (κ2) is 8.01. The van der Waals surface area contributed by atoms with Gasteiger partial charge in [-0.15, -0.1) is 0 Å². The highest BCUT2D eigenvalue weighted by Crippen LogP contribution is 2.45. The fourth-order valence-electron chi connectivity index (χ4n) is 7.09. The van der Waals surface area contributed by atoms with Crippen molar-refractivity contribution in [3.05, 3.63) is 51.4 Å². The second-order valence-electron chi connectivity index (χ2n) is 10.4. The number of piperidine rings is 3. The summed E-state index contributed by atoms with van der Waals surface area (Å²) in [6.45, 7) is 4.91. The monoisotopic (exact) mass is 448 g/mol. The Bertz CT molecular complexity index is 1200. The van der Waals surface area contributed by atoms with E-state index in [0.717, 1.165) is 36.9 Å². The molecule has 6 rings (SSSR count). The maximum atomic E-state index is 13.6. The summed E-state index contributed by atoms with van der Waals surface area (Å²) in [6.07, 6.45) is 9.79. The average molecular weight is 449 g/mol. The molecule has 1 aromatic carbocycles. The van der Waals surface area contributed by atoms with Crippen LogP contribution in [0.1, 0.15) is 49.7 Å². The minimum absolute atomic E-state index is 0.0262. The van der Waals surface area contributed by atoms with Crippen LogP contribution in [0.25, 0.3) is 11.0 Å². The number of benzene rings is 1. The van der Waals surface area contributed by atoms with Crippen molar-refractivity contribution >= 4 is 16.9 Å². The zero-order valence-electron chi connectivity index (χ0n) is 19.3. The van der Waals surface area contributed by atoms with Crippen LogP contribution in [-0.2, 0) is 11.2 Å². The van der Waals surface area contributed by atoms with Crippen LogP contribution < -0.4 is 5.63 Å². The Morgan fingerprint density at radius 2 is 2.09 bits per heavy atom. The molecule has 0 saturated carbocycles. The molecule has 6 heteroatoms. The molecule has 4 atom stereocenters. The Labute approximate surface area is 193 Å². The molecule has 1 aromatic heterocycles. The van der Waals surface area contributed by atoms with Crippen LogP contribution in [0.15, 0.2) is 39.1 Å². The van der Waals surface area contributed by atoms with Gasteiger partial charge in [-0.1, -0.05) is 18.1 Å². The molecule has 0 radical (unpaired) electrons. The number of phenols is 1. The van der Waals surface area contributed by atoms with Crippen molar-refractivity contribution in [2.45, 2.75) is 64.0 Å². The van der Waals surface area contributed by atoms with Crippen LogP contribution in [0, 0.1) is 18.8 Å². The first-order valence-electron chi connectivity index (χ1n) is 12.5. The molecule has 4 aliphatic rings. The molecule has 3 saturated heterocycles. The molecule has 3 fully saturated rings. The number of aromatic hydroxyl groups is 1. The summed E-state index contributed by atoms with van der Waals surface area (Å²) in [5, 5.41) is 10.5. The number of amides is 1. The molecule has 33 heavy (non-hydrogen) atoms. The number of likely N-dealkylation sites (tertiary alicyclic amines) is 1. The number of nitrogens with zero attached hydrogens (tertiary/aromatic N) is 2. The van der Waals surface area contributed by atoms with E-state index in [9.17, 15) is 14.7 Å². The molecule has 6 nitrogen and oxygen atoms in total. The lowest BCUT2D eigenvalue weighted by molar-refractivity contribution is -0.135. The largest absolute Gasteiger partial charge is 0.508 e. The van der Waals surface area contributed by atoms with Gasteiger partial charge in [0.25, 0.3) is 0 Å². The smallest absolute Gasteiger partial charge is 0.340 e. The van der Waals surface area contributed by atoms with Crippen molar-refractivity contribution in [1.82, 2.24) is 9.80 Å². The van der Waals surface area contributed by atoms with Gasteiger partial charge < -0.3 is 14.4 Å². The van der Waals surface area contributed by atoms with Gasteiger partial charge >= 0.3 is 5.63 Å². The lowest BCUT2D eigenvalue weighted by Gasteiger charge is -2.54. The molecule has 2 aromatic rings. The molecule has 4 heterocycles. The van der Waals surface area contributed by atoms with Gasteiger partial charge in [0.15, 0.2) is 0 Å². The van der Waals surface area contributed by atoms with E-state index in [1.54, 1.807) is 12.1 Å². The highest BCUT2D eigenvalue weighted by atomic mass is 16.4. The third kappa shape index (κ3) is 3.50. The molecule has 1 amide bonds. The van der Waals surface area contributed by atoms with Gasteiger partial charge in [-0.3, -0.25) is 9.69 Å². The van der Waals surface area contributed by atoms with E-state index in [1.807, 2.05) is 6.92 Å². The summed E-state index contributed by atoms with van der Waals surface area (Å²) in [4.78, 5) is 31.1. The number of aryl methyl sites for hydroxylation is 1. The average Bonchev–Trinajstić information content (AvgIpc) is 2.81. The molecule has 1 N–H and O–H groups in total. The first-order valence-corrected chi connectivity index (χ1v) is 12.5. The summed E-state index contributed by atoms with van der Waals surface area (Å²) < 4.78 is 5.47. The number of fused-ring (bicyclic) bond motifs is 7. The Morgan fingerprint density at radius 1 is 1.21 bits per heavy atom. The van der Waals surface area contributed by atoms with Crippen LogP contribution >= 0.6 is 0 Å². The first-order chi connectivity index (χ1) is 16.0. The topological polar surface area (TPSA) is 74.0 Å². The van der Waals surface area contributed by atoms with Gasteiger partial charge in [-0.05, 0) is 75.1 Å². The van der Waals surface area contributed by atoms with Crippen LogP contribution in [0.3, 0.4) is 0 Å². The predicted molar refractivity (Wildman–Crippen MR) is 126 cm³/mol. The van der Waals surface area contributed by atoms with E-state index in [1.165, 1.54) is 43.9 Å². The molecular weight excluding hydrogens is 416 g/mol. The van der Waals surface area contributed by atoms with E-state index in [4.69, 9.17) is 4.42 Å². The van der Waals surface area contributed by atoms with E-state index in [-0.39, 0.29) is 24.1 Å². The third-order valence-electron chi connectivity index (χ3n) is 8.58. The van der Waals surface area contributed by atoms with Gasteiger partial charge in [-0.25, -0.2) is 4.79 Å². The molecule has 0 spiro atoms. The van der Waals surface area contributed by atoms with Crippen LogP contribution in [-0.4, -0.2) is 52.5 Å². The summed E-state index contributed by atoms with van der Waals surface area (Å²) in [7, 11) is 0. The molecule has 3 aliphatic heterocycles. The Hall–Kier alpha value is -2.60. The van der Waals surface area contributed by atoms with Crippen LogP contribution in [0.5, 0.6) is 5.75 Å². The van der Waals surface area contributed by atoms with Crippen molar-refractivity contribution in [2.75, 3.05) is 19.6 Å². The predicted octanol–water partition coefficient (Wildman–Crippen LogP) is 3.77. The van der Waals surface area contributed by atoms with E-state index in [2.05, 4.69) is 15.9 Å². The lowest BCUT2D eigenvalue weighted by atomic mass is 9.68. The number of rotatable bonds is 2. The summed E-state index contributed by atoms with van der Waals surface area (Å²) in [5.74, 6) is 1.21. The quantitative estimate of drug-likeness (QED) is 0.559. The number of carbonyl (C=O) groups is 1. The van der Waals surface area contributed by atoms with Crippen molar-refractivity contribution in [3.63, 3.8) is 0 Å². The highest BCUT2D eigenvalue weighted by molar-refractivity contribution is 5.85. The molecule has 2 bridgehead atoms. The molecular formula is C27H32N2O4. The number of hydrogen-bond donors (Lipinski definition) is 1. The summed E-state index contributed by atoms with van der Waals surface area (Å²) >= 11 is 0. The van der Waals surface area contributed by atoms with Gasteiger partial charge in [0.05, 0.1) is 18.0 Å². The van der Waals surface area contributed by atoms with Gasteiger partial charge in [0.1, 0.15) is 11.3 Å². The first kappa shape index (κ1) is 21.0. The standard InChI is InChI=1S/C27H32N2O4/c1-16-21-8-7-20(30)13-24(21)33-27(32)22(16)14-25(31)29-10-4-5-17-11-18-12-19(26(17)29)15-28-9-3-2-6-23(18)28/h7-8,11,13,18-19,23,26,30H,2-6,9-10,12,14-15H2,1H3/t18-,19-,23+,26+/m0/s1. The van der Waals surface area contributed by atoms with Gasteiger partial charge in [0.2, 0.25) is 5.91 Å². The lowest BCUT2D eigenvalue weighted by Crippen LogP contribution is -2.60. The van der Waals surface area contributed by atoms with Crippen LogP contribution in [0.2, 0.25) is 0 Å². The minimum atomic E-state index is -0.482. The van der Waals surface area contributed by atoms with Crippen molar-refractivity contribution in [3.8, 4) is 5.75 Å². The summed E-state index contributed by atoms with van der Waals surface area (Å²) in [5.41, 5.74) is 2.53. The highest BCUT2D eigenvalue weighted by Gasteiger charge is 2.46. The second-order valence-corrected chi connectivity index (χ2v) is 10.4. The van der Waals surface area contributed by atoms with Crippen molar-refractivity contribution < 1.29 is 14.3 Å². The Kier molecular flexibility index (Phi) is 5.09. The zero-order valence-corrected chi connectivity index (χ0v) is 19.3. The minimum Gasteiger partial charge on any atom is -0.508 e. The maximum Gasteiger partial charge on any atom is 0.340 e. The van der Waals surface area contributed by atoms with Gasteiger partial charge in [0, 0.05) is 30.6 Å². The normalized spacial score (nSPS) is 29.4. The Balaban J connectivity index is 1.30. The number of hydrogen-bond acceptors (Lipinski definition) is 5. The molecule has 174 valence electrons.